The molecule has 0 fully saturated rings. The lowest BCUT2D eigenvalue weighted by molar-refractivity contribution is 0.0992. The van der Waals surface area contributed by atoms with Crippen molar-refractivity contribution in [3.8, 4) is 5.75 Å². The van der Waals surface area contributed by atoms with Gasteiger partial charge in [0.1, 0.15) is 23.9 Å². The van der Waals surface area contributed by atoms with Gasteiger partial charge in [-0.25, -0.2) is 4.39 Å². The van der Waals surface area contributed by atoms with E-state index >= 15 is 0 Å². The predicted octanol–water partition coefficient (Wildman–Crippen LogP) is 6.53. The lowest BCUT2D eigenvalue weighted by atomic mass is 10.1. The number of hydrogen-bond donors (Lipinski definition) is 1. The number of aromatic nitrogens is 2. The van der Waals surface area contributed by atoms with Crippen molar-refractivity contribution in [2.45, 2.75) is 27.0 Å². The minimum absolute atomic E-state index is 0.112. The van der Waals surface area contributed by atoms with Crippen LogP contribution in [0.25, 0.3) is 0 Å². The van der Waals surface area contributed by atoms with Crippen LogP contribution in [0.15, 0.2) is 63.6 Å². The Morgan fingerprint density at radius 2 is 1.91 bits per heavy atom. The van der Waals surface area contributed by atoms with E-state index in [0.29, 0.717) is 20.8 Å². The SMILES string of the molecule is Cc1cccc(C)c1OCc1ccc(C(=O)Nc2nn(Cc3c(F)cccc3Cl)cc2Br)o1. The molecule has 0 aliphatic carbocycles. The molecule has 0 atom stereocenters. The lowest BCUT2D eigenvalue weighted by Gasteiger charge is -2.10. The molecule has 9 heteroatoms. The average molecular weight is 533 g/mol. The van der Waals surface area contributed by atoms with E-state index in [0.717, 1.165) is 16.9 Å². The summed E-state index contributed by atoms with van der Waals surface area (Å²) in [5, 5.41) is 7.29. The van der Waals surface area contributed by atoms with Crippen molar-refractivity contribution < 1.29 is 18.3 Å². The molecule has 1 N–H and O–H groups in total. The quantitative estimate of drug-likeness (QED) is 0.294. The van der Waals surface area contributed by atoms with Gasteiger partial charge in [-0.2, -0.15) is 5.10 Å². The first-order valence-corrected chi connectivity index (χ1v) is 11.2. The Hall–Kier alpha value is -3.10. The normalized spacial score (nSPS) is 10.9. The fraction of sp³-hybridized carbons (Fsp3) is 0.167. The predicted molar refractivity (Wildman–Crippen MR) is 127 cm³/mol. The number of hydrogen-bond acceptors (Lipinski definition) is 4. The minimum atomic E-state index is -0.469. The number of nitrogens with one attached hydrogen (secondary N) is 1. The fourth-order valence-corrected chi connectivity index (χ4v) is 3.96. The first-order chi connectivity index (χ1) is 15.8. The third-order valence-corrected chi connectivity index (χ3v) is 5.92. The van der Waals surface area contributed by atoms with Gasteiger partial charge >= 0.3 is 0 Å². The number of benzene rings is 2. The molecule has 2 aromatic carbocycles. The number of amides is 1. The van der Waals surface area contributed by atoms with Crippen LogP contribution in [0.3, 0.4) is 0 Å². The number of anilines is 1. The van der Waals surface area contributed by atoms with E-state index in [1.807, 2.05) is 32.0 Å². The van der Waals surface area contributed by atoms with E-state index in [1.54, 1.807) is 24.4 Å². The molecule has 4 rings (SSSR count). The molecule has 0 saturated heterocycles. The van der Waals surface area contributed by atoms with Gasteiger partial charge in [-0.1, -0.05) is 35.9 Å². The van der Waals surface area contributed by atoms with Crippen molar-refractivity contribution in [3.63, 3.8) is 0 Å². The average Bonchev–Trinajstić information content (AvgIpc) is 3.37. The summed E-state index contributed by atoms with van der Waals surface area (Å²) < 4.78 is 27.6. The number of ether oxygens (including phenoxy) is 1. The minimum Gasteiger partial charge on any atom is -0.485 e. The van der Waals surface area contributed by atoms with Crippen molar-refractivity contribution in [2.75, 3.05) is 5.32 Å². The Labute approximate surface area is 203 Å². The molecule has 4 aromatic rings. The van der Waals surface area contributed by atoms with Crippen molar-refractivity contribution in [1.82, 2.24) is 9.78 Å². The maximum absolute atomic E-state index is 14.1. The zero-order valence-electron chi connectivity index (χ0n) is 17.9. The molecule has 0 aliphatic rings. The highest BCUT2D eigenvalue weighted by Gasteiger charge is 2.17. The van der Waals surface area contributed by atoms with E-state index in [2.05, 4.69) is 26.3 Å². The van der Waals surface area contributed by atoms with Crippen LogP contribution in [0.5, 0.6) is 5.75 Å². The second-order valence-corrected chi connectivity index (χ2v) is 8.71. The number of rotatable bonds is 7. The monoisotopic (exact) mass is 531 g/mol. The maximum Gasteiger partial charge on any atom is 0.292 e. The second-order valence-electron chi connectivity index (χ2n) is 7.45. The Kier molecular flexibility index (Phi) is 6.85. The summed E-state index contributed by atoms with van der Waals surface area (Å²) in [6, 6.07) is 13.7. The van der Waals surface area contributed by atoms with Crippen LogP contribution >= 0.6 is 27.5 Å². The summed E-state index contributed by atoms with van der Waals surface area (Å²) >= 11 is 9.45. The van der Waals surface area contributed by atoms with Gasteiger partial charge in [0.15, 0.2) is 11.6 Å². The Bertz CT molecular complexity index is 1280. The van der Waals surface area contributed by atoms with Crippen LogP contribution < -0.4 is 10.1 Å². The lowest BCUT2D eigenvalue weighted by Crippen LogP contribution is -2.12. The van der Waals surface area contributed by atoms with Gasteiger partial charge in [-0.05, 0) is 65.2 Å². The zero-order chi connectivity index (χ0) is 23.5. The van der Waals surface area contributed by atoms with Crippen LogP contribution in [0.2, 0.25) is 5.02 Å². The summed E-state index contributed by atoms with van der Waals surface area (Å²) in [6.07, 6.45) is 1.63. The molecule has 0 aliphatic heterocycles. The number of aryl methyl sites for hydroxylation is 2. The van der Waals surface area contributed by atoms with Crippen LogP contribution in [-0.4, -0.2) is 15.7 Å². The smallest absolute Gasteiger partial charge is 0.292 e. The van der Waals surface area contributed by atoms with E-state index < -0.39 is 11.7 Å². The first kappa shape index (κ1) is 23.1. The number of carbonyl (C=O) groups is 1. The van der Waals surface area contributed by atoms with Crippen LogP contribution in [0.1, 0.15) is 33.0 Å². The summed E-state index contributed by atoms with van der Waals surface area (Å²) in [7, 11) is 0. The maximum atomic E-state index is 14.1. The number of carbonyl (C=O) groups excluding carboxylic acids is 1. The molecule has 2 heterocycles. The van der Waals surface area contributed by atoms with E-state index in [9.17, 15) is 9.18 Å². The highest BCUT2D eigenvalue weighted by molar-refractivity contribution is 9.10. The molecule has 2 aromatic heterocycles. The van der Waals surface area contributed by atoms with Crippen molar-refractivity contribution in [1.29, 1.82) is 0 Å². The third kappa shape index (κ3) is 5.29. The Morgan fingerprint density at radius 1 is 1.18 bits per heavy atom. The summed E-state index contributed by atoms with van der Waals surface area (Å²) in [4.78, 5) is 12.6. The number of para-hydroxylation sites is 1. The molecular weight excluding hydrogens is 513 g/mol. The zero-order valence-corrected chi connectivity index (χ0v) is 20.2. The molecule has 0 radical (unpaired) electrons. The van der Waals surface area contributed by atoms with Gasteiger partial charge in [0.05, 0.1) is 11.0 Å². The molecule has 1 amide bonds. The van der Waals surface area contributed by atoms with E-state index in [-0.39, 0.29) is 24.7 Å². The Morgan fingerprint density at radius 3 is 2.64 bits per heavy atom. The molecule has 170 valence electrons. The molecule has 6 nitrogen and oxygen atoms in total. The van der Waals surface area contributed by atoms with Crippen LogP contribution in [-0.2, 0) is 13.2 Å². The van der Waals surface area contributed by atoms with Gasteiger partial charge in [0.2, 0.25) is 0 Å². The Balaban J connectivity index is 1.41. The molecular formula is C24H20BrClFN3O3. The second kappa shape index (κ2) is 9.80. The molecule has 0 bridgehead atoms. The molecule has 0 spiro atoms. The van der Waals surface area contributed by atoms with E-state index in [4.69, 9.17) is 20.8 Å². The van der Waals surface area contributed by atoms with Crippen molar-refractivity contribution >= 4 is 39.3 Å². The third-order valence-electron chi connectivity index (χ3n) is 4.98. The van der Waals surface area contributed by atoms with Gasteiger partial charge in [-0.15, -0.1) is 0 Å². The van der Waals surface area contributed by atoms with Crippen molar-refractivity contribution in [3.05, 3.63) is 98.3 Å². The standard InChI is InChI=1S/C24H20BrClFN3O3/c1-14-5-3-6-15(2)22(14)32-13-16-9-10-21(33-16)24(31)28-23-18(25)12-30(29-23)11-17-19(26)7-4-8-20(17)27/h3-10,12H,11,13H2,1-2H3,(H,28,29,31). The van der Waals surface area contributed by atoms with Crippen molar-refractivity contribution in [2.24, 2.45) is 0 Å². The summed E-state index contributed by atoms with van der Waals surface area (Å²) in [5.74, 6) is 0.811. The van der Waals surface area contributed by atoms with Gasteiger partial charge in [-0.3, -0.25) is 9.48 Å². The summed E-state index contributed by atoms with van der Waals surface area (Å²) in [5.41, 5.74) is 2.36. The van der Waals surface area contributed by atoms with Crippen LogP contribution in [0.4, 0.5) is 10.2 Å². The summed E-state index contributed by atoms with van der Waals surface area (Å²) in [6.45, 7) is 4.25. The fourth-order valence-electron chi connectivity index (χ4n) is 3.32. The van der Waals surface area contributed by atoms with Gasteiger partial charge < -0.3 is 14.5 Å². The number of furan rings is 1. The van der Waals surface area contributed by atoms with Gasteiger partial charge in [0.25, 0.3) is 5.91 Å². The molecule has 33 heavy (non-hydrogen) atoms. The highest BCUT2D eigenvalue weighted by atomic mass is 79.9. The largest absolute Gasteiger partial charge is 0.485 e. The highest BCUT2D eigenvalue weighted by Crippen LogP contribution is 2.26. The molecule has 0 unspecified atom stereocenters. The van der Waals surface area contributed by atoms with Gasteiger partial charge in [0, 0.05) is 16.8 Å². The van der Waals surface area contributed by atoms with Crippen LogP contribution in [0, 0.1) is 19.7 Å². The topological polar surface area (TPSA) is 69.3 Å². The van der Waals surface area contributed by atoms with E-state index in [1.165, 1.54) is 16.8 Å². The first-order valence-electron chi connectivity index (χ1n) is 10.1. The number of nitrogens with zero attached hydrogens (tertiary/aromatic N) is 2. The number of halogens is 3. The molecule has 0 saturated carbocycles.